The molecule has 1 aliphatic rings. The van der Waals surface area contributed by atoms with Gasteiger partial charge >= 0.3 is 0 Å². The fourth-order valence-electron chi connectivity index (χ4n) is 1.22. The minimum Gasteiger partial charge on any atom is -0.290 e. The van der Waals surface area contributed by atoms with Gasteiger partial charge in [-0.2, -0.15) is 11.8 Å². The molecule has 1 rings (SSSR count). The van der Waals surface area contributed by atoms with Crippen molar-refractivity contribution < 1.29 is 10.0 Å². The van der Waals surface area contributed by atoms with E-state index in [4.69, 9.17) is 5.21 Å². The van der Waals surface area contributed by atoms with Crippen molar-refractivity contribution in [3.8, 4) is 0 Å². The first-order valence-corrected chi connectivity index (χ1v) is 5.17. The van der Waals surface area contributed by atoms with E-state index in [9.17, 15) is 4.79 Å². The predicted octanol–water partition coefficient (Wildman–Crippen LogP) is -0.0709. The smallest absolute Gasteiger partial charge is 0.260 e. The van der Waals surface area contributed by atoms with Crippen molar-refractivity contribution in [2.24, 2.45) is 0 Å². The summed E-state index contributed by atoms with van der Waals surface area (Å²) in [5, 5.41) is 8.40. The standard InChI is InChI=1S/C7H14N2O2S/c1-6(7(10)8-11)9-2-4-12-5-3-9/h6,11H,2-5H2,1H3,(H,8,10). The van der Waals surface area contributed by atoms with Gasteiger partial charge in [0.1, 0.15) is 0 Å². The Kier molecular flexibility index (Phi) is 3.84. The number of hydrogen-bond donors (Lipinski definition) is 2. The van der Waals surface area contributed by atoms with Crippen molar-refractivity contribution in [2.45, 2.75) is 13.0 Å². The lowest BCUT2D eigenvalue weighted by molar-refractivity contribution is -0.134. The fraction of sp³-hybridized carbons (Fsp3) is 0.857. The SMILES string of the molecule is CC(C(=O)NO)N1CCSCC1. The molecule has 1 atom stereocenters. The third-order valence-corrected chi connectivity index (χ3v) is 3.03. The summed E-state index contributed by atoms with van der Waals surface area (Å²) in [6.45, 7) is 3.67. The predicted molar refractivity (Wildman–Crippen MR) is 48.3 cm³/mol. The minimum absolute atomic E-state index is 0.212. The molecule has 4 nitrogen and oxygen atoms in total. The van der Waals surface area contributed by atoms with E-state index in [-0.39, 0.29) is 11.9 Å². The van der Waals surface area contributed by atoms with E-state index in [1.807, 2.05) is 18.7 Å². The molecule has 5 heteroatoms. The summed E-state index contributed by atoms with van der Waals surface area (Å²) in [5.74, 6) is 1.83. The van der Waals surface area contributed by atoms with Crippen molar-refractivity contribution in [1.82, 2.24) is 10.4 Å². The molecule has 1 amide bonds. The maximum atomic E-state index is 11.0. The average Bonchev–Trinajstić information content (AvgIpc) is 2.17. The molecule has 0 aliphatic carbocycles. The highest BCUT2D eigenvalue weighted by Crippen LogP contribution is 2.11. The van der Waals surface area contributed by atoms with Crippen LogP contribution in [-0.2, 0) is 4.79 Å². The van der Waals surface area contributed by atoms with Gasteiger partial charge < -0.3 is 0 Å². The lowest BCUT2D eigenvalue weighted by atomic mass is 10.2. The van der Waals surface area contributed by atoms with Crippen LogP contribution in [-0.4, -0.2) is 46.7 Å². The van der Waals surface area contributed by atoms with E-state index in [2.05, 4.69) is 4.90 Å². The maximum absolute atomic E-state index is 11.0. The molecule has 1 heterocycles. The second-order valence-corrected chi connectivity index (χ2v) is 4.03. The van der Waals surface area contributed by atoms with Gasteiger partial charge in [-0.3, -0.25) is 14.9 Å². The number of hydroxylamine groups is 1. The Bertz CT molecular complexity index is 159. The van der Waals surface area contributed by atoms with E-state index in [0.29, 0.717) is 0 Å². The van der Waals surface area contributed by atoms with E-state index < -0.39 is 0 Å². The van der Waals surface area contributed by atoms with Gasteiger partial charge in [-0.1, -0.05) is 0 Å². The summed E-state index contributed by atoms with van der Waals surface area (Å²) in [7, 11) is 0. The zero-order chi connectivity index (χ0) is 8.97. The molecule has 1 aliphatic heterocycles. The molecule has 0 saturated carbocycles. The van der Waals surface area contributed by atoms with Crippen LogP contribution in [0.15, 0.2) is 0 Å². The van der Waals surface area contributed by atoms with Gasteiger partial charge in [0.15, 0.2) is 0 Å². The van der Waals surface area contributed by atoms with Crippen LogP contribution in [0.5, 0.6) is 0 Å². The molecule has 0 aromatic carbocycles. The Morgan fingerprint density at radius 1 is 1.58 bits per heavy atom. The number of nitrogens with one attached hydrogen (secondary N) is 1. The quantitative estimate of drug-likeness (QED) is 0.473. The zero-order valence-electron chi connectivity index (χ0n) is 7.12. The van der Waals surface area contributed by atoms with Crippen molar-refractivity contribution in [2.75, 3.05) is 24.6 Å². The highest BCUT2D eigenvalue weighted by Gasteiger charge is 2.22. The molecule has 0 bridgehead atoms. The summed E-state index contributed by atoms with van der Waals surface area (Å²) in [5.41, 5.74) is 1.67. The molecule has 0 aromatic heterocycles. The minimum atomic E-state index is -0.318. The molecular weight excluding hydrogens is 176 g/mol. The second-order valence-electron chi connectivity index (χ2n) is 2.80. The van der Waals surface area contributed by atoms with Crippen molar-refractivity contribution in [1.29, 1.82) is 0 Å². The number of amides is 1. The summed E-state index contributed by atoms with van der Waals surface area (Å²) in [6.07, 6.45) is 0. The number of nitrogens with zero attached hydrogens (tertiary/aromatic N) is 1. The van der Waals surface area contributed by atoms with Crippen molar-refractivity contribution >= 4 is 17.7 Å². The number of hydrogen-bond acceptors (Lipinski definition) is 4. The van der Waals surface area contributed by atoms with Gasteiger partial charge in [0.05, 0.1) is 6.04 Å². The maximum Gasteiger partial charge on any atom is 0.260 e. The van der Waals surface area contributed by atoms with Crippen LogP contribution in [0.1, 0.15) is 6.92 Å². The largest absolute Gasteiger partial charge is 0.290 e. The van der Waals surface area contributed by atoms with Crippen LogP contribution < -0.4 is 5.48 Å². The molecule has 0 spiro atoms. The lowest BCUT2D eigenvalue weighted by Gasteiger charge is -2.30. The summed E-state index contributed by atoms with van der Waals surface area (Å²) >= 11 is 1.90. The van der Waals surface area contributed by atoms with Crippen LogP contribution >= 0.6 is 11.8 Å². The number of carbonyl (C=O) groups is 1. The van der Waals surface area contributed by atoms with Crippen LogP contribution in [0.25, 0.3) is 0 Å². The van der Waals surface area contributed by atoms with Crippen molar-refractivity contribution in [3.05, 3.63) is 0 Å². The Labute approximate surface area is 76.3 Å². The van der Waals surface area contributed by atoms with Crippen LogP contribution in [0.3, 0.4) is 0 Å². The fourth-order valence-corrected chi connectivity index (χ4v) is 2.16. The Morgan fingerprint density at radius 3 is 2.67 bits per heavy atom. The Morgan fingerprint density at radius 2 is 2.17 bits per heavy atom. The molecule has 1 unspecified atom stereocenters. The van der Waals surface area contributed by atoms with Gasteiger partial charge in [-0.15, -0.1) is 0 Å². The first-order chi connectivity index (χ1) is 5.75. The molecule has 70 valence electrons. The second kappa shape index (κ2) is 4.69. The summed E-state index contributed by atoms with van der Waals surface area (Å²) in [6, 6.07) is -0.212. The Balaban J connectivity index is 2.39. The molecule has 12 heavy (non-hydrogen) atoms. The van der Waals surface area contributed by atoms with Gasteiger partial charge in [-0.05, 0) is 6.92 Å². The molecule has 1 saturated heterocycles. The van der Waals surface area contributed by atoms with Gasteiger partial charge in [0.2, 0.25) is 0 Å². The molecule has 1 fully saturated rings. The topological polar surface area (TPSA) is 52.6 Å². The van der Waals surface area contributed by atoms with Gasteiger partial charge in [-0.25, -0.2) is 5.48 Å². The zero-order valence-corrected chi connectivity index (χ0v) is 7.93. The molecule has 0 aromatic rings. The van der Waals surface area contributed by atoms with E-state index >= 15 is 0 Å². The summed E-state index contributed by atoms with van der Waals surface area (Å²) in [4.78, 5) is 13.1. The highest BCUT2D eigenvalue weighted by molar-refractivity contribution is 7.99. The number of carbonyl (C=O) groups excluding carboxylic acids is 1. The van der Waals surface area contributed by atoms with Crippen LogP contribution in [0, 0.1) is 0 Å². The van der Waals surface area contributed by atoms with E-state index in [1.165, 1.54) is 0 Å². The van der Waals surface area contributed by atoms with Gasteiger partial charge in [0.25, 0.3) is 5.91 Å². The first-order valence-electron chi connectivity index (χ1n) is 4.01. The molecule has 2 N–H and O–H groups in total. The normalized spacial score (nSPS) is 21.8. The summed E-state index contributed by atoms with van der Waals surface area (Å²) < 4.78 is 0. The molecule has 0 radical (unpaired) electrons. The van der Waals surface area contributed by atoms with Crippen LogP contribution in [0.2, 0.25) is 0 Å². The van der Waals surface area contributed by atoms with Crippen molar-refractivity contribution in [3.63, 3.8) is 0 Å². The monoisotopic (exact) mass is 190 g/mol. The third kappa shape index (κ3) is 2.36. The first kappa shape index (κ1) is 9.83. The van der Waals surface area contributed by atoms with E-state index in [1.54, 1.807) is 5.48 Å². The number of thioether (sulfide) groups is 1. The van der Waals surface area contributed by atoms with E-state index in [0.717, 1.165) is 24.6 Å². The molecular formula is C7H14N2O2S. The Hall–Kier alpha value is -0.260. The lowest BCUT2D eigenvalue weighted by Crippen LogP contribution is -2.47. The third-order valence-electron chi connectivity index (χ3n) is 2.08. The highest BCUT2D eigenvalue weighted by atomic mass is 32.2. The van der Waals surface area contributed by atoms with Crippen LogP contribution in [0.4, 0.5) is 0 Å². The average molecular weight is 190 g/mol. The number of rotatable bonds is 2. The van der Waals surface area contributed by atoms with Gasteiger partial charge in [0, 0.05) is 24.6 Å².